The van der Waals surface area contributed by atoms with E-state index in [2.05, 4.69) is 0 Å². The van der Waals surface area contributed by atoms with E-state index in [0.717, 1.165) is 12.0 Å². The van der Waals surface area contributed by atoms with Crippen molar-refractivity contribution < 1.29 is 9.90 Å². The molecular weight excluding hydrogens is 200 g/mol. The summed E-state index contributed by atoms with van der Waals surface area (Å²) in [6.07, 6.45) is 4.62. The molecule has 0 fully saturated rings. The van der Waals surface area contributed by atoms with Crippen LogP contribution in [-0.2, 0) is 4.79 Å². The number of allylic oxidation sites excluding steroid dienone is 1. The predicted octanol–water partition coefficient (Wildman–Crippen LogP) is 2.82. The lowest BCUT2D eigenvalue weighted by Crippen LogP contribution is -2.11. The summed E-state index contributed by atoms with van der Waals surface area (Å²) >= 11 is 0. The Labute approximate surface area is 96.6 Å². The van der Waals surface area contributed by atoms with Gasteiger partial charge in [-0.3, -0.25) is 4.79 Å². The number of hydrogen-bond donors (Lipinski definition) is 1. The van der Waals surface area contributed by atoms with Crippen LogP contribution < -0.4 is 0 Å². The summed E-state index contributed by atoms with van der Waals surface area (Å²) in [5, 5.41) is 9.46. The average Bonchev–Trinajstić information content (AvgIpc) is 2.28. The summed E-state index contributed by atoms with van der Waals surface area (Å²) in [6.45, 7) is 1.99. The molecule has 0 heterocycles. The second-order valence-electron chi connectivity index (χ2n) is 3.86. The van der Waals surface area contributed by atoms with Gasteiger partial charge in [-0.15, -0.1) is 0 Å². The number of carbonyl (C=O) groups is 1. The van der Waals surface area contributed by atoms with Gasteiger partial charge in [0.2, 0.25) is 0 Å². The van der Waals surface area contributed by atoms with Gasteiger partial charge in [0.25, 0.3) is 0 Å². The normalized spacial score (nSPS) is 12.9. The standard InChI is InChI=1S/C14H18O2/c1-2-6-13(15)11-14(16)10-9-12-7-4-3-5-8-12/h3-5,7-10,13,15H,2,6,11H2,1H3/b10-9+. The van der Waals surface area contributed by atoms with Crippen molar-refractivity contribution >= 4 is 11.9 Å². The molecule has 1 atom stereocenters. The second-order valence-corrected chi connectivity index (χ2v) is 3.86. The molecule has 1 N–H and O–H groups in total. The first kappa shape index (κ1) is 12.7. The highest BCUT2D eigenvalue weighted by Crippen LogP contribution is 2.05. The van der Waals surface area contributed by atoms with Gasteiger partial charge in [0.05, 0.1) is 6.10 Å². The molecule has 1 aromatic carbocycles. The Hall–Kier alpha value is -1.41. The first-order valence-electron chi connectivity index (χ1n) is 5.66. The third kappa shape index (κ3) is 4.89. The van der Waals surface area contributed by atoms with Crippen LogP contribution in [0.25, 0.3) is 6.08 Å². The summed E-state index contributed by atoms with van der Waals surface area (Å²) in [6, 6.07) is 9.66. The molecule has 0 saturated carbocycles. The van der Waals surface area contributed by atoms with E-state index in [4.69, 9.17) is 0 Å². The number of carbonyl (C=O) groups excluding carboxylic acids is 1. The highest BCUT2D eigenvalue weighted by atomic mass is 16.3. The molecule has 0 aliphatic carbocycles. The third-order valence-corrected chi connectivity index (χ3v) is 2.32. The molecule has 2 nitrogen and oxygen atoms in total. The fourth-order valence-electron chi connectivity index (χ4n) is 1.49. The van der Waals surface area contributed by atoms with Crippen molar-refractivity contribution in [1.29, 1.82) is 0 Å². The Balaban J connectivity index is 2.42. The Morgan fingerprint density at radius 1 is 1.38 bits per heavy atom. The van der Waals surface area contributed by atoms with E-state index < -0.39 is 6.10 Å². The Kier molecular flexibility index (Phi) is 5.51. The van der Waals surface area contributed by atoms with Gasteiger partial charge in [-0.2, -0.15) is 0 Å². The van der Waals surface area contributed by atoms with E-state index in [-0.39, 0.29) is 12.2 Å². The summed E-state index contributed by atoms with van der Waals surface area (Å²) < 4.78 is 0. The summed E-state index contributed by atoms with van der Waals surface area (Å²) in [5.41, 5.74) is 1.00. The van der Waals surface area contributed by atoms with Gasteiger partial charge in [-0.05, 0) is 18.1 Å². The van der Waals surface area contributed by atoms with Gasteiger partial charge in [-0.25, -0.2) is 0 Å². The maximum atomic E-state index is 11.5. The minimum Gasteiger partial charge on any atom is -0.393 e. The van der Waals surface area contributed by atoms with Crippen molar-refractivity contribution in [2.75, 3.05) is 0 Å². The van der Waals surface area contributed by atoms with Crippen LogP contribution in [0.1, 0.15) is 31.7 Å². The fourth-order valence-corrected chi connectivity index (χ4v) is 1.49. The van der Waals surface area contributed by atoms with Crippen LogP contribution in [0, 0.1) is 0 Å². The van der Waals surface area contributed by atoms with Crippen molar-refractivity contribution in [1.82, 2.24) is 0 Å². The van der Waals surface area contributed by atoms with E-state index in [1.807, 2.05) is 37.3 Å². The van der Waals surface area contributed by atoms with Gasteiger partial charge in [0, 0.05) is 6.42 Å². The van der Waals surface area contributed by atoms with Crippen LogP contribution in [-0.4, -0.2) is 17.0 Å². The first-order valence-corrected chi connectivity index (χ1v) is 5.66. The Morgan fingerprint density at radius 2 is 2.06 bits per heavy atom. The average molecular weight is 218 g/mol. The van der Waals surface area contributed by atoms with E-state index in [1.165, 1.54) is 6.08 Å². The van der Waals surface area contributed by atoms with Gasteiger partial charge < -0.3 is 5.11 Å². The lowest BCUT2D eigenvalue weighted by atomic mass is 10.1. The number of rotatable bonds is 6. The van der Waals surface area contributed by atoms with Gasteiger partial charge >= 0.3 is 0 Å². The monoisotopic (exact) mass is 218 g/mol. The molecule has 1 aromatic rings. The number of hydrogen-bond acceptors (Lipinski definition) is 2. The maximum Gasteiger partial charge on any atom is 0.158 e. The zero-order valence-electron chi connectivity index (χ0n) is 9.60. The highest BCUT2D eigenvalue weighted by Gasteiger charge is 2.06. The molecule has 86 valence electrons. The van der Waals surface area contributed by atoms with Crippen LogP contribution >= 0.6 is 0 Å². The maximum absolute atomic E-state index is 11.5. The summed E-state index contributed by atoms with van der Waals surface area (Å²) in [7, 11) is 0. The van der Waals surface area contributed by atoms with Crippen LogP contribution in [0.4, 0.5) is 0 Å². The molecule has 0 saturated heterocycles. The number of benzene rings is 1. The Bertz CT molecular complexity index is 341. The van der Waals surface area contributed by atoms with Crippen molar-refractivity contribution in [3.63, 3.8) is 0 Å². The zero-order chi connectivity index (χ0) is 11.8. The van der Waals surface area contributed by atoms with Crippen LogP contribution in [0.3, 0.4) is 0 Å². The lowest BCUT2D eigenvalue weighted by molar-refractivity contribution is -0.116. The topological polar surface area (TPSA) is 37.3 Å². The molecule has 0 radical (unpaired) electrons. The van der Waals surface area contributed by atoms with E-state index in [1.54, 1.807) is 6.08 Å². The van der Waals surface area contributed by atoms with Crippen molar-refractivity contribution in [2.24, 2.45) is 0 Å². The number of ketones is 1. The predicted molar refractivity (Wildman–Crippen MR) is 66.0 cm³/mol. The Morgan fingerprint density at radius 3 is 2.69 bits per heavy atom. The molecule has 0 aromatic heterocycles. The minimum atomic E-state index is -0.502. The molecule has 1 unspecified atom stereocenters. The first-order chi connectivity index (χ1) is 7.72. The highest BCUT2D eigenvalue weighted by molar-refractivity contribution is 5.93. The molecule has 2 heteroatoms. The summed E-state index contributed by atoms with van der Waals surface area (Å²) in [5.74, 6) is -0.0233. The van der Waals surface area contributed by atoms with Crippen LogP contribution in [0.2, 0.25) is 0 Å². The number of aliphatic hydroxyl groups is 1. The van der Waals surface area contributed by atoms with E-state index in [0.29, 0.717) is 6.42 Å². The van der Waals surface area contributed by atoms with Crippen molar-refractivity contribution in [3.8, 4) is 0 Å². The molecule has 1 rings (SSSR count). The fraction of sp³-hybridized carbons (Fsp3) is 0.357. The van der Waals surface area contributed by atoms with Gasteiger partial charge in [-0.1, -0.05) is 49.8 Å². The lowest BCUT2D eigenvalue weighted by Gasteiger charge is -2.05. The molecule has 16 heavy (non-hydrogen) atoms. The van der Waals surface area contributed by atoms with E-state index in [9.17, 15) is 9.90 Å². The van der Waals surface area contributed by atoms with Gasteiger partial charge in [0.15, 0.2) is 5.78 Å². The molecule has 0 aliphatic heterocycles. The van der Waals surface area contributed by atoms with Gasteiger partial charge in [0.1, 0.15) is 0 Å². The summed E-state index contributed by atoms with van der Waals surface area (Å²) in [4.78, 5) is 11.5. The minimum absolute atomic E-state index is 0.0233. The molecule has 0 amide bonds. The van der Waals surface area contributed by atoms with Crippen molar-refractivity contribution in [2.45, 2.75) is 32.3 Å². The molecule has 0 bridgehead atoms. The molecule has 0 aliphatic rings. The third-order valence-electron chi connectivity index (χ3n) is 2.32. The smallest absolute Gasteiger partial charge is 0.158 e. The van der Waals surface area contributed by atoms with Crippen LogP contribution in [0.5, 0.6) is 0 Å². The largest absolute Gasteiger partial charge is 0.393 e. The number of aliphatic hydroxyl groups excluding tert-OH is 1. The van der Waals surface area contributed by atoms with E-state index >= 15 is 0 Å². The molecule has 0 spiro atoms. The second kappa shape index (κ2) is 6.96. The zero-order valence-corrected chi connectivity index (χ0v) is 9.60. The SMILES string of the molecule is CCCC(O)CC(=O)/C=C/c1ccccc1. The van der Waals surface area contributed by atoms with Crippen molar-refractivity contribution in [3.05, 3.63) is 42.0 Å². The van der Waals surface area contributed by atoms with Crippen LogP contribution in [0.15, 0.2) is 36.4 Å². The molecular formula is C14H18O2. The quantitative estimate of drug-likeness (QED) is 0.745.